The number of oxazole rings is 1. The number of hydrogen-bond acceptors (Lipinski definition) is 4. The van der Waals surface area contributed by atoms with Crippen LogP contribution in [0.25, 0.3) is 0 Å². The van der Waals surface area contributed by atoms with Crippen LogP contribution in [0.2, 0.25) is 0 Å². The lowest BCUT2D eigenvalue weighted by Crippen LogP contribution is -2.45. The van der Waals surface area contributed by atoms with E-state index in [4.69, 9.17) is 4.42 Å². The number of halogens is 1. The van der Waals surface area contributed by atoms with E-state index >= 15 is 0 Å². The molecule has 0 bridgehead atoms. The van der Waals surface area contributed by atoms with Crippen LogP contribution in [0.3, 0.4) is 0 Å². The molecular formula is C15H22FN3O2. The Morgan fingerprint density at radius 3 is 2.76 bits per heavy atom. The van der Waals surface area contributed by atoms with Crippen LogP contribution in [0.4, 0.5) is 4.39 Å². The summed E-state index contributed by atoms with van der Waals surface area (Å²) in [5, 5.41) is 0. The summed E-state index contributed by atoms with van der Waals surface area (Å²) >= 11 is 0. The van der Waals surface area contributed by atoms with Gasteiger partial charge in [0.05, 0.1) is 12.4 Å². The summed E-state index contributed by atoms with van der Waals surface area (Å²) in [6.45, 7) is 4.84. The van der Waals surface area contributed by atoms with Gasteiger partial charge < -0.3 is 9.32 Å². The van der Waals surface area contributed by atoms with Crippen LogP contribution in [-0.4, -0.2) is 53.0 Å². The molecule has 0 N–H and O–H groups in total. The predicted octanol–water partition coefficient (Wildman–Crippen LogP) is 1.77. The Hall–Kier alpha value is -1.43. The third-order valence-corrected chi connectivity index (χ3v) is 4.67. The van der Waals surface area contributed by atoms with E-state index in [-0.39, 0.29) is 24.5 Å². The topological polar surface area (TPSA) is 49.6 Å². The Morgan fingerprint density at radius 2 is 2.19 bits per heavy atom. The summed E-state index contributed by atoms with van der Waals surface area (Å²) in [5.74, 6) is 0.911. The van der Waals surface area contributed by atoms with E-state index < -0.39 is 0 Å². The van der Waals surface area contributed by atoms with Crippen LogP contribution in [0.1, 0.15) is 30.7 Å². The maximum absolute atomic E-state index is 12.7. The average molecular weight is 295 g/mol. The molecule has 1 amide bonds. The van der Waals surface area contributed by atoms with Gasteiger partial charge in [0.25, 0.3) is 0 Å². The monoisotopic (exact) mass is 295 g/mol. The van der Waals surface area contributed by atoms with Gasteiger partial charge in [-0.3, -0.25) is 14.1 Å². The second kappa shape index (κ2) is 6.13. The molecule has 2 aliphatic heterocycles. The molecule has 3 rings (SSSR count). The molecule has 1 atom stereocenters. The zero-order valence-corrected chi connectivity index (χ0v) is 12.4. The molecule has 2 aliphatic rings. The summed E-state index contributed by atoms with van der Waals surface area (Å²) in [4.78, 5) is 20.4. The van der Waals surface area contributed by atoms with Crippen LogP contribution in [0.15, 0.2) is 10.8 Å². The Balaban J connectivity index is 1.51. The van der Waals surface area contributed by atoms with Gasteiger partial charge >= 0.3 is 0 Å². The number of nitrogens with zero attached hydrogens (tertiary/aromatic N) is 3. The van der Waals surface area contributed by atoms with Crippen LogP contribution in [0, 0.1) is 12.8 Å². The maximum atomic E-state index is 12.7. The van der Waals surface area contributed by atoms with Crippen LogP contribution in [-0.2, 0) is 11.3 Å². The van der Waals surface area contributed by atoms with Crippen molar-refractivity contribution < 1.29 is 13.6 Å². The summed E-state index contributed by atoms with van der Waals surface area (Å²) in [5.41, 5.74) is 0.989. The zero-order chi connectivity index (χ0) is 14.8. The molecular weight excluding hydrogens is 273 g/mol. The summed E-state index contributed by atoms with van der Waals surface area (Å²) in [6.07, 6.45) is 3.79. The summed E-state index contributed by atoms with van der Waals surface area (Å²) in [7, 11) is 0. The molecule has 2 saturated heterocycles. The standard InChI is InChI=1S/C15H22FN3O2/c1-11-14(17-10-21-11)9-18-4-2-13(3-5-18)19-8-12(7-16)6-15(19)20/h10,12-13H,2-9H2,1H3. The minimum atomic E-state index is -0.382. The number of carbonyl (C=O) groups is 1. The molecule has 3 heterocycles. The number of amides is 1. The van der Waals surface area contributed by atoms with Gasteiger partial charge in [-0.05, 0) is 19.8 Å². The Kier molecular flexibility index (Phi) is 4.24. The number of carbonyl (C=O) groups excluding carboxylic acids is 1. The third-order valence-electron chi connectivity index (χ3n) is 4.67. The zero-order valence-electron chi connectivity index (χ0n) is 12.4. The number of alkyl halides is 1. The molecule has 5 nitrogen and oxygen atoms in total. The first kappa shape index (κ1) is 14.5. The van der Waals surface area contributed by atoms with Crippen LogP contribution >= 0.6 is 0 Å². The smallest absolute Gasteiger partial charge is 0.223 e. The number of piperidine rings is 1. The summed E-state index contributed by atoms with van der Waals surface area (Å²) < 4.78 is 17.9. The summed E-state index contributed by atoms with van der Waals surface area (Å²) in [6, 6.07) is 0.281. The highest BCUT2D eigenvalue weighted by Gasteiger charge is 2.35. The molecule has 2 fully saturated rings. The van der Waals surface area contributed by atoms with Crippen LogP contribution in [0.5, 0.6) is 0 Å². The number of aromatic nitrogens is 1. The van der Waals surface area contributed by atoms with E-state index in [0.29, 0.717) is 13.0 Å². The first-order valence-electron chi connectivity index (χ1n) is 7.64. The van der Waals surface area contributed by atoms with Crippen molar-refractivity contribution in [3.05, 3.63) is 17.8 Å². The minimum Gasteiger partial charge on any atom is -0.448 e. The highest BCUT2D eigenvalue weighted by atomic mass is 19.1. The highest BCUT2D eigenvalue weighted by molar-refractivity contribution is 5.79. The second-order valence-corrected chi connectivity index (χ2v) is 6.13. The van der Waals surface area contributed by atoms with Crippen molar-refractivity contribution in [3.63, 3.8) is 0 Å². The second-order valence-electron chi connectivity index (χ2n) is 6.13. The highest BCUT2D eigenvalue weighted by Crippen LogP contribution is 2.26. The molecule has 0 aromatic carbocycles. The van der Waals surface area contributed by atoms with Crippen molar-refractivity contribution in [2.45, 2.75) is 38.8 Å². The van der Waals surface area contributed by atoms with Gasteiger partial charge in [0, 0.05) is 44.6 Å². The van der Waals surface area contributed by atoms with E-state index in [9.17, 15) is 9.18 Å². The van der Waals surface area contributed by atoms with Crippen molar-refractivity contribution in [1.29, 1.82) is 0 Å². The molecule has 1 unspecified atom stereocenters. The van der Waals surface area contributed by atoms with E-state index in [0.717, 1.165) is 43.9 Å². The maximum Gasteiger partial charge on any atom is 0.223 e. The lowest BCUT2D eigenvalue weighted by Gasteiger charge is -2.36. The number of aryl methyl sites for hydroxylation is 1. The lowest BCUT2D eigenvalue weighted by molar-refractivity contribution is -0.130. The Morgan fingerprint density at radius 1 is 1.43 bits per heavy atom. The van der Waals surface area contributed by atoms with Gasteiger partial charge in [0.2, 0.25) is 5.91 Å². The molecule has 6 heteroatoms. The van der Waals surface area contributed by atoms with E-state index in [1.54, 1.807) is 0 Å². The van der Waals surface area contributed by atoms with Gasteiger partial charge in [0.1, 0.15) is 5.76 Å². The molecule has 0 radical (unpaired) electrons. The molecule has 0 aliphatic carbocycles. The fourth-order valence-electron chi connectivity index (χ4n) is 3.35. The molecule has 1 aromatic rings. The van der Waals surface area contributed by atoms with E-state index in [1.165, 1.54) is 6.39 Å². The van der Waals surface area contributed by atoms with E-state index in [2.05, 4.69) is 9.88 Å². The van der Waals surface area contributed by atoms with Gasteiger partial charge in [-0.15, -0.1) is 0 Å². The SMILES string of the molecule is Cc1ocnc1CN1CCC(N2CC(CF)CC2=O)CC1. The quantitative estimate of drug-likeness (QED) is 0.849. The largest absolute Gasteiger partial charge is 0.448 e. The molecule has 1 aromatic heterocycles. The van der Waals surface area contributed by atoms with Crippen molar-refractivity contribution in [2.24, 2.45) is 5.92 Å². The lowest BCUT2D eigenvalue weighted by atomic mass is 10.0. The fourth-order valence-corrected chi connectivity index (χ4v) is 3.35. The number of rotatable bonds is 4. The average Bonchev–Trinajstić information content (AvgIpc) is 3.06. The third kappa shape index (κ3) is 3.10. The normalized spacial score (nSPS) is 25.0. The van der Waals surface area contributed by atoms with Crippen molar-refractivity contribution >= 4 is 5.91 Å². The predicted molar refractivity (Wildman–Crippen MR) is 75.3 cm³/mol. The molecule has 0 spiro atoms. The Bertz CT molecular complexity index is 497. The van der Waals surface area contributed by atoms with Crippen molar-refractivity contribution in [1.82, 2.24) is 14.8 Å². The fraction of sp³-hybridized carbons (Fsp3) is 0.733. The first-order valence-corrected chi connectivity index (χ1v) is 7.64. The van der Waals surface area contributed by atoms with Gasteiger partial charge in [0.15, 0.2) is 6.39 Å². The number of hydrogen-bond donors (Lipinski definition) is 0. The number of likely N-dealkylation sites (tertiary alicyclic amines) is 2. The molecule has 21 heavy (non-hydrogen) atoms. The van der Waals surface area contributed by atoms with Gasteiger partial charge in [-0.25, -0.2) is 4.98 Å². The van der Waals surface area contributed by atoms with Crippen molar-refractivity contribution in [3.8, 4) is 0 Å². The minimum absolute atomic E-state index is 0.0895. The van der Waals surface area contributed by atoms with Gasteiger partial charge in [-0.2, -0.15) is 0 Å². The molecule has 0 saturated carbocycles. The molecule has 116 valence electrons. The van der Waals surface area contributed by atoms with E-state index in [1.807, 2.05) is 11.8 Å². The van der Waals surface area contributed by atoms with Crippen LogP contribution < -0.4 is 0 Å². The Labute approximate surface area is 124 Å². The first-order chi connectivity index (χ1) is 10.2. The van der Waals surface area contributed by atoms with Crippen molar-refractivity contribution in [2.75, 3.05) is 26.3 Å². The van der Waals surface area contributed by atoms with Gasteiger partial charge in [-0.1, -0.05) is 0 Å².